The van der Waals surface area contributed by atoms with Gasteiger partial charge in [-0.15, -0.1) is 0 Å². The summed E-state index contributed by atoms with van der Waals surface area (Å²) in [6.45, 7) is 10.2. The van der Waals surface area contributed by atoms with E-state index in [2.05, 4.69) is 49.7 Å². The number of carbonyl (C=O) groups excluding carboxylic acids is 4. The second-order valence-corrected chi connectivity index (χ2v) is 20.0. The first-order valence-corrected chi connectivity index (χ1v) is 25.2. The Balaban J connectivity index is 0.738. The summed E-state index contributed by atoms with van der Waals surface area (Å²) in [5.74, 6) is -1.51. The molecule has 1 unspecified atom stereocenters. The highest BCUT2D eigenvalue weighted by Gasteiger charge is 2.34. The molecule has 4 N–H and O–H groups in total. The first-order valence-electron chi connectivity index (χ1n) is 24.4. The number of piperazine rings is 1. The molecule has 0 radical (unpaired) electrons. The summed E-state index contributed by atoms with van der Waals surface area (Å²) in [4.78, 5) is 80.5. The number of nitrogens with zero attached hydrogens (tertiary/aromatic N) is 7. The smallest absolute Gasteiger partial charge is 0.355 e. The Morgan fingerprint density at radius 3 is 2.47 bits per heavy atom. The number of pyridine rings is 1. The van der Waals surface area contributed by atoms with Crippen molar-refractivity contribution in [2.24, 2.45) is 7.05 Å². The van der Waals surface area contributed by atoms with Crippen LogP contribution < -0.4 is 25.6 Å². The summed E-state index contributed by atoms with van der Waals surface area (Å²) in [5, 5.41) is 25.0. The molecule has 2 saturated heterocycles. The fourth-order valence-corrected chi connectivity index (χ4v) is 11.5. The molecule has 4 amide bonds. The monoisotopic (exact) mass is 988 g/mol. The molecule has 3 aliphatic heterocycles. The van der Waals surface area contributed by atoms with Gasteiger partial charge in [0.1, 0.15) is 11.6 Å². The Kier molecular flexibility index (Phi) is 13.6. The van der Waals surface area contributed by atoms with Crippen molar-refractivity contribution in [3.63, 3.8) is 0 Å². The van der Waals surface area contributed by atoms with E-state index in [1.54, 1.807) is 11.7 Å². The maximum atomic E-state index is 13.7. The number of nitrogens with one attached hydrogen (secondary N) is 3. The number of carbonyl (C=O) groups is 5. The van der Waals surface area contributed by atoms with Gasteiger partial charge in [0, 0.05) is 74.8 Å². The molecule has 4 aromatic carbocycles. The Morgan fingerprint density at radius 1 is 0.889 bits per heavy atom. The average Bonchev–Trinajstić information content (AvgIpc) is 3.94. The number of fused-ring (bicyclic) bond motifs is 3. The van der Waals surface area contributed by atoms with Crippen molar-refractivity contribution in [2.45, 2.75) is 71.0 Å². The minimum absolute atomic E-state index is 0.0633. The highest BCUT2D eigenvalue weighted by molar-refractivity contribution is 7.22. The van der Waals surface area contributed by atoms with E-state index < -0.39 is 11.9 Å². The number of benzene rings is 4. The second kappa shape index (κ2) is 20.3. The fourth-order valence-electron chi connectivity index (χ4n) is 10.6. The van der Waals surface area contributed by atoms with Crippen LogP contribution in [0.2, 0.25) is 0 Å². The van der Waals surface area contributed by atoms with Crippen LogP contribution in [0.3, 0.4) is 0 Å². The highest BCUT2D eigenvalue weighted by atomic mass is 32.1. The predicted molar refractivity (Wildman–Crippen MR) is 277 cm³/mol. The van der Waals surface area contributed by atoms with Gasteiger partial charge in [-0.05, 0) is 105 Å². The van der Waals surface area contributed by atoms with E-state index in [-0.39, 0.29) is 54.4 Å². The van der Waals surface area contributed by atoms with Gasteiger partial charge in [-0.3, -0.25) is 39.4 Å². The van der Waals surface area contributed by atoms with Crippen molar-refractivity contribution >= 4 is 78.7 Å². The van der Waals surface area contributed by atoms with Gasteiger partial charge in [0.15, 0.2) is 10.8 Å². The fraction of sp³-hybridized carbons (Fsp3) is 0.333. The zero-order valence-corrected chi connectivity index (χ0v) is 41.4. The summed E-state index contributed by atoms with van der Waals surface area (Å²) >= 11 is 1.42. The van der Waals surface area contributed by atoms with Crippen LogP contribution in [0, 0.1) is 6.92 Å². The Hall–Kier alpha value is -7.54. The van der Waals surface area contributed by atoms with Crippen LogP contribution in [0.4, 0.5) is 16.6 Å². The molecule has 10 rings (SSSR count). The standard InChI is InChI=1S/C54H56N10O7S/c1-31-27-62(28-32(2)64(31)30-47(66)55-42-16-8-14-38-48(60-61(4)50(38)42)39-20-22-46(65)58-52(39)68)24-10-26-71-43-17-9-12-35(33(43)3)36-19-21-45(57-49(36)53(69)70)63-25-23-34-11-7-13-37(40(34)29-63)51(67)59-54-56-41-15-5-6-18-44(41)72-54/h5-9,11-19,21,31-32,39H,10,20,22-30H2,1-4H3,(H,55,66)(H,69,70)(H,56,59,67)(H,58,65,68)/t31-,32+,39?. The third-order valence-corrected chi connectivity index (χ3v) is 15.1. The maximum absolute atomic E-state index is 13.7. The number of rotatable bonds is 14. The molecule has 0 spiro atoms. The van der Waals surface area contributed by atoms with E-state index in [1.165, 1.54) is 11.3 Å². The number of ether oxygens (including phenoxy) is 1. The number of amides is 4. The van der Waals surface area contributed by atoms with E-state index in [0.717, 1.165) is 69.4 Å². The van der Waals surface area contributed by atoms with Crippen LogP contribution in [-0.2, 0) is 34.4 Å². The number of carboxylic acids is 1. The molecule has 0 saturated carbocycles. The van der Waals surface area contributed by atoms with E-state index in [4.69, 9.17) is 9.72 Å². The number of carboxylic acid groups (broad SMARTS) is 1. The molecule has 3 atom stereocenters. The van der Waals surface area contributed by atoms with Crippen molar-refractivity contribution in [1.82, 2.24) is 34.9 Å². The van der Waals surface area contributed by atoms with E-state index in [0.29, 0.717) is 71.7 Å². The quantitative estimate of drug-likeness (QED) is 0.0621. The van der Waals surface area contributed by atoms with Crippen LogP contribution in [0.1, 0.15) is 82.3 Å². The summed E-state index contributed by atoms with van der Waals surface area (Å²) in [6, 6.07) is 28.6. The van der Waals surface area contributed by atoms with Gasteiger partial charge in [-0.1, -0.05) is 59.9 Å². The lowest BCUT2D eigenvalue weighted by Crippen LogP contribution is -2.58. The molecule has 0 bridgehead atoms. The van der Waals surface area contributed by atoms with E-state index in [9.17, 15) is 29.1 Å². The molecule has 370 valence electrons. The lowest BCUT2D eigenvalue weighted by molar-refractivity contribution is -0.134. The van der Waals surface area contributed by atoms with Crippen LogP contribution >= 0.6 is 11.3 Å². The zero-order valence-electron chi connectivity index (χ0n) is 40.6. The summed E-state index contributed by atoms with van der Waals surface area (Å²) in [5.41, 5.74) is 7.21. The van der Waals surface area contributed by atoms with Crippen molar-refractivity contribution in [2.75, 3.05) is 54.9 Å². The number of hydrogen-bond donors (Lipinski definition) is 4. The summed E-state index contributed by atoms with van der Waals surface area (Å²) in [6.07, 6.45) is 2.07. The first-order chi connectivity index (χ1) is 34.8. The number of aromatic carboxylic acids is 1. The lowest BCUT2D eigenvalue weighted by Gasteiger charge is -2.44. The molecule has 17 nitrogen and oxygen atoms in total. The number of aromatic nitrogens is 4. The topological polar surface area (TPSA) is 204 Å². The molecule has 6 heterocycles. The Bertz CT molecular complexity index is 3230. The number of piperidine rings is 1. The maximum Gasteiger partial charge on any atom is 0.355 e. The molecule has 7 aromatic rings. The van der Waals surface area contributed by atoms with Crippen LogP contribution in [-0.4, -0.2) is 116 Å². The van der Waals surface area contributed by atoms with Gasteiger partial charge in [0.05, 0.1) is 46.2 Å². The molecule has 3 aromatic heterocycles. The number of anilines is 3. The highest BCUT2D eigenvalue weighted by Crippen LogP contribution is 2.36. The Labute approximate surface area is 420 Å². The normalized spacial score (nSPS) is 18.5. The molecule has 2 fully saturated rings. The zero-order chi connectivity index (χ0) is 50.2. The van der Waals surface area contributed by atoms with Gasteiger partial charge in [-0.2, -0.15) is 5.10 Å². The van der Waals surface area contributed by atoms with Crippen LogP contribution in [0.5, 0.6) is 5.75 Å². The molecule has 72 heavy (non-hydrogen) atoms. The third kappa shape index (κ3) is 9.76. The van der Waals surface area contributed by atoms with Gasteiger partial charge < -0.3 is 25.0 Å². The van der Waals surface area contributed by atoms with Crippen molar-refractivity contribution in [3.05, 3.63) is 125 Å². The summed E-state index contributed by atoms with van der Waals surface area (Å²) in [7, 11) is 1.79. The average molecular weight is 989 g/mol. The second-order valence-electron chi connectivity index (χ2n) is 18.9. The molecular formula is C54H56N10O7S. The van der Waals surface area contributed by atoms with E-state index in [1.807, 2.05) is 103 Å². The number of para-hydroxylation sites is 2. The first kappa shape index (κ1) is 48.1. The number of imide groups is 1. The van der Waals surface area contributed by atoms with Crippen molar-refractivity contribution in [1.29, 1.82) is 0 Å². The largest absolute Gasteiger partial charge is 0.493 e. The van der Waals surface area contributed by atoms with Crippen molar-refractivity contribution in [3.8, 4) is 16.9 Å². The third-order valence-electron chi connectivity index (χ3n) is 14.1. The molecule has 3 aliphatic rings. The summed E-state index contributed by atoms with van der Waals surface area (Å²) < 4.78 is 9.03. The van der Waals surface area contributed by atoms with Gasteiger partial charge in [-0.25, -0.2) is 14.8 Å². The minimum Gasteiger partial charge on any atom is -0.493 e. The number of hydrogen-bond acceptors (Lipinski definition) is 13. The Morgan fingerprint density at radius 2 is 1.68 bits per heavy atom. The minimum atomic E-state index is -1.14. The lowest BCUT2D eigenvalue weighted by atomic mass is 9.92. The van der Waals surface area contributed by atoms with Crippen LogP contribution in [0.15, 0.2) is 91.0 Å². The van der Waals surface area contributed by atoms with Gasteiger partial charge >= 0.3 is 5.97 Å². The van der Waals surface area contributed by atoms with Gasteiger partial charge in [0.25, 0.3) is 5.91 Å². The van der Waals surface area contributed by atoms with Crippen molar-refractivity contribution < 1.29 is 33.8 Å². The number of thiazole rings is 1. The molecule has 18 heteroatoms. The van der Waals surface area contributed by atoms with E-state index >= 15 is 0 Å². The van der Waals surface area contributed by atoms with Gasteiger partial charge in [0.2, 0.25) is 17.7 Å². The molecule has 0 aliphatic carbocycles. The molecular weight excluding hydrogens is 933 g/mol. The predicted octanol–water partition coefficient (Wildman–Crippen LogP) is 7.39. The van der Waals surface area contributed by atoms with Crippen LogP contribution in [0.25, 0.3) is 32.2 Å². The SMILES string of the molecule is Cc1c(OCCCN2C[C@@H](C)N(CC(=O)Nc3cccc4c(C5CCC(=O)NC5=O)nn(C)c34)[C@@H](C)C2)cccc1-c1ccc(N2CCc3cccc(C(=O)Nc4nc5ccccc5s4)c3C2)nc1C(=O)O. The number of aryl methyl sites for hydroxylation is 1.